The third-order valence-corrected chi connectivity index (χ3v) is 11.3. The van der Waals surface area contributed by atoms with Crippen LogP contribution in [0, 0.1) is 0 Å². The lowest BCUT2D eigenvalue weighted by Crippen LogP contribution is -2.46. The van der Waals surface area contributed by atoms with Gasteiger partial charge in [-0.2, -0.15) is 8.42 Å². The molecule has 0 aromatic carbocycles. The second-order valence-electron chi connectivity index (χ2n) is 16.0. The molecule has 2 atom stereocenters. The van der Waals surface area contributed by atoms with Crippen LogP contribution in [0.4, 0.5) is 0 Å². The molecule has 0 heterocycles. The summed E-state index contributed by atoms with van der Waals surface area (Å²) in [7, 11) is -4.36. The van der Waals surface area contributed by atoms with Gasteiger partial charge in [-0.1, -0.05) is 211 Å². The Hall–Kier alpha value is -1.44. The molecule has 2 unspecified atom stereocenters. The van der Waals surface area contributed by atoms with Crippen molar-refractivity contribution in [3.8, 4) is 0 Å². The molecular formula is C47H89NO5S. The number of carbonyl (C=O) groups excluding carboxylic acids is 1. The predicted octanol–water partition coefficient (Wildman–Crippen LogP) is 14.1. The van der Waals surface area contributed by atoms with E-state index in [-0.39, 0.29) is 12.3 Å². The highest BCUT2D eigenvalue weighted by Gasteiger charge is 2.24. The molecule has 1 amide bonds. The van der Waals surface area contributed by atoms with Crippen molar-refractivity contribution in [2.45, 2.75) is 251 Å². The molecule has 0 radical (unpaired) electrons. The number of aliphatic hydroxyl groups excluding tert-OH is 1. The van der Waals surface area contributed by atoms with Gasteiger partial charge in [-0.25, -0.2) is 0 Å². The van der Waals surface area contributed by atoms with E-state index < -0.39 is 28.0 Å². The first-order valence-electron chi connectivity index (χ1n) is 23.2. The van der Waals surface area contributed by atoms with Gasteiger partial charge in [0.05, 0.1) is 17.9 Å². The summed E-state index contributed by atoms with van der Waals surface area (Å²) in [5, 5.41) is 13.3. The highest BCUT2D eigenvalue weighted by atomic mass is 32.2. The third kappa shape index (κ3) is 41.7. The van der Waals surface area contributed by atoms with Crippen molar-refractivity contribution in [2.75, 3.05) is 5.75 Å². The molecule has 0 aromatic rings. The second-order valence-corrected chi connectivity index (χ2v) is 17.5. The molecule has 0 aliphatic heterocycles. The zero-order valence-corrected chi connectivity index (χ0v) is 36.4. The summed E-state index contributed by atoms with van der Waals surface area (Å²) < 4.78 is 32.6. The standard InChI is InChI=1S/C47H89NO5S/c1-3-5-7-9-11-13-15-17-19-21-23-25-26-28-30-32-34-36-38-40-42-46(49)45(44-54(51,52)53)48-47(50)43-41-39-37-35-33-31-29-27-24-22-20-18-16-14-12-10-8-6-4-2/h18,20,32,34,40,42,45-46,49H,3-17,19,21-31,33,35-39,41,43-44H2,1-2H3,(H,48,50)(H,51,52,53)/b20-18-,34-32+,42-40+. The van der Waals surface area contributed by atoms with E-state index >= 15 is 0 Å². The predicted molar refractivity (Wildman–Crippen MR) is 235 cm³/mol. The molecule has 0 saturated carbocycles. The van der Waals surface area contributed by atoms with Gasteiger partial charge in [0, 0.05) is 6.42 Å². The Morgan fingerprint density at radius 1 is 0.481 bits per heavy atom. The maximum atomic E-state index is 12.5. The van der Waals surface area contributed by atoms with Crippen LogP contribution in [0.15, 0.2) is 36.5 Å². The van der Waals surface area contributed by atoms with Crippen LogP contribution in [0.1, 0.15) is 239 Å². The molecule has 0 aliphatic carbocycles. The molecule has 3 N–H and O–H groups in total. The Morgan fingerprint density at radius 3 is 1.17 bits per heavy atom. The molecule has 54 heavy (non-hydrogen) atoms. The minimum absolute atomic E-state index is 0.287. The molecule has 0 rings (SSSR count). The minimum Gasteiger partial charge on any atom is -0.387 e. The normalized spacial score (nSPS) is 13.5. The van der Waals surface area contributed by atoms with E-state index in [2.05, 4.69) is 43.5 Å². The van der Waals surface area contributed by atoms with Crippen LogP contribution in [0.2, 0.25) is 0 Å². The largest absolute Gasteiger partial charge is 0.387 e. The molecule has 0 aromatic heterocycles. The van der Waals surface area contributed by atoms with E-state index in [1.54, 1.807) is 0 Å². The summed E-state index contributed by atoms with van der Waals surface area (Å²) in [6.07, 6.45) is 54.3. The maximum absolute atomic E-state index is 12.5. The molecule has 0 saturated heterocycles. The van der Waals surface area contributed by atoms with Crippen LogP contribution < -0.4 is 5.32 Å². The Kier molecular flexibility index (Phi) is 40.1. The van der Waals surface area contributed by atoms with E-state index in [0.29, 0.717) is 0 Å². The van der Waals surface area contributed by atoms with Gasteiger partial charge in [0.2, 0.25) is 5.91 Å². The summed E-state index contributed by atoms with van der Waals surface area (Å²) in [6.45, 7) is 4.54. The summed E-state index contributed by atoms with van der Waals surface area (Å²) in [4.78, 5) is 12.5. The molecule has 0 spiro atoms. The summed E-state index contributed by atoms with van der Waals surface area (Å²) >= 11 is 0. The number of aliphatic hydroxyl groups is 1. The lowest BCUT2D eigenvalue weighted by Gasteiger charge is -2.21. The monoisotopic (exact) mass is 780 g/mol. The van der Waals surface area contributed by atoms with Crippen molar-refractivity contribution in [1.82, 2.24) is 5.32 Å². The van der Waals surface area contributed by atoms with Gasteiger partial charge in [-0.15, -0.1) is 0 Å². The SMILES string of the molecule is CCCCCCCC/C=C\CCCCCCCCCCCC(=O)NC(CS(=O)(=O)O)C(O)/C=C/CC/C=C/CCCCCCCCCCCCCCCC. The molecule has 6 nitrogen and oxygen atoms in total. The first-order valence-corrected chi connectivity index (χ1v) is 24.8. The molecular weight excluding hydrogens is 691 g/mol. The van der Waals surface area contributed by atoms with Gasteiger partial charge in [0.1, 0.15) is 0 Å². The van der Waals surface area contributed by atoms with Crippen LogP contribution in [0.5, 0.6) is 0 Å². The highest BCUT2D eigenvalue weighted by molar-refractivity contribution is 7.85. The lowest BCUT2D eigenvalue weighted by atomic mass is 10.0. The van der Waals surface area contributed by atoms with Crippen molar-refractivity contribution in [2.24, 2.45) is 0 Å². The van der Waals surface area contributed by atoms with E-state index in [9.17, 15) is 22.9 Å². The fourth-order valence-electron chi connectivity index (χ4n) is 7.05. The van der Waals surface area contributed by atoms with E-state index in [4.69, 9.17) is 0 Å². The number of hydrogen-bond acceptors (Lipinski definition) is 4. The number of hydrogen-bond donors (Lipinski definition) is 3. The highest BCUT2D eigenvalue weighted by Crippen LogP contribution is 2.15. The van der Waals surface area contributed by atoms with Crippen LogP contribution in [-0.2, 0) is 14.9 Å². The number of allylic oxidation sites excluding steroid dienone is 5. The van der Waals surface area contributed by atoms with Gasteiger partial charge in [-0.3, -0.25) is 9.35 Å². The van der Waals surface area contributed by atoms with Gasteiger partial charge in [0.15, 0.2) is 0 Å². The van der Waals surface area contributed by atoms with Crippen molar-refractivity contribution in [3.63, 3.8) is 0 Å². The average Bonchev–Trinajstić information content (AvgIpc) is 3.14. The average molecular weight is 780 g/mol. The summed E-state index contributed by atoms with van der Waals surface area (Å²) in [5.74, 6) is -0.998. The van der Waals surface area contributed by atoms with Gasteiger partial charge >= 0.3 is 0 Å². The Labute approximate surface area is 336 Å². The molecule has 7 heteroatoms. The van der Waals surface area contributed by atoms with Gasteiger partial charge in [0.25, 0.3) is 10.1 Å². The molecule has 318 valence electrons. The van der Waals surface area contributed by atoms with Gasteiger partial charge in [-0.05, 0) is 57.8 Å². The quantitative estimate of drug-likeness (QED) is 0.0325. The number of unbranched alkanes of at least 4 members (excludes halogenated alkanes) is 30. The third-order valence-electron chi connectivity index (χ3n) is 10.5. The van der Waals surface area contributed by atoms with Crippen molar-refractivity contribution >= 4 is 16.0 Å². The Balaban J connectivity index is 3.89. The van der Waals surface area contributed by atoms with E-state index in [0.717, 1.165) is 38.5 Å². The molecule has 0 fully saturated rings. The molecule has 0 aliphatic rings. The first-order chi connectivity index (χ1) is 26.3. The zero-order chi connectivity index (χ0) is 39.6. The van der Waals surface area contributed by atoms with Crippen molar-refractivity contribution in [3.05, 3.63) is 36.5 Å². The van der Waals surface area contributed by atoms with Crippen molar-refractivity contribution in [1.29, 1.82) is 0 Å². The zero-order valence-electron chi connectivity index (χ0n) is 35.6. The second kappa shape index (κ2) is 41.2. The van der Waals surface area contributed by atoms with Crippen molar-refractivity contribution < 1.29 is 22.9 Å². The number of amides is 1. The maximum Gasteiger partial charge on any atom is 0.267 e. The van der Waals surface area contributed by atoms with E-state index in [1.807, 2.05) is 6.08 Å². The Bertz CT molecular complexity index is 992. The minimum atomic E-state index is -4.36. The topological polar surface area (TPSA) is 104 Å². The first kappa shape index (κ1) is 52.6. The number of carbonyl (C=O) groups is 1. The number of nitrogens with one attached hydrogen (secondary N) is 1. The molecule has 0 bridgehead atoms. The summed E-state index contributed by atoms with van der Waals surface area (Å²) in [5.41, 5.74) is 0. The summed E-state index contributed by atoms with van der Waals surface area (Å²) in [6, 6.07) is -1.07. The van der Waals surface area contributed by atoms with Crippen LogP contribution in [0.25, 0.3) is 0 Å². The van der Waals surface area contributed by atoms with Gasteiger partial charge < -0.3 is 10.4 Å². The van der Waals surface area contributed by atoms with Crippen LogP contribution in [-0.4, -0.2) is 41.9 Å². The fourth-order valence-corrected chi connectivity index (χ4v) is 7.78. The smallest absolute Gasteiger partial charge is 0.267 e. The Morgan fingerprint density at radius 2 is 0.796 bits per heavy atom. The van der Waals surface area contributed by atoms with E-state index in [1.165, 1.54) is 186 Å². The van der Waals surface area contributed by atoms with Crippen LogP contribution >= 0.6 is 0 Å². The van der Waals surface area contributed by atoms with Crippen LogP contribution in [0.3, 0.4) is 0 Å². The lowest BCUT2D eigenvalue weighted by molar-refractivity contribution is -0.122. The fraction of sp³-hybridized carbons (Fsp3) is 0.851. The number of rotatable bonds is 42.